The first-order valence-corrected chi connectivity index (χ1v) is 10.5. The third-order valence-corrected chi connectivity index (χ3v) is 5.58. The number of benzene rings is 1. The summed E-state index contributed by atoms with van der Waals surface area (Å²) in [5, 5.41) is 15.3. The normalized spacial score (nSPS) is 12.6. The quantitative estimate of drug-likeness (QED) is 0.246. The van der Waals surface area contributed by atoms with E-state index in [1.54, 1.807) is 38.9 Å². The molecule has 0 aromatic heterocycles. The number of carbonyl (C=O) groups is 1. The first-order valence-electron chi connectivity index (χ1n) is 8.74. The Balaban J connectivity index is 2.63. The van der Waals surface area contributed by atoms with Crippen LogP contribution in [0.25, 0.3) is 0 Å². The Morgan fingerprint density at radius 1 is 1.35 bits per heavy atom. The molecule has 26 heavy (non-hydrogen) atoms. The van der Waals surface area contributed by atoms with Crippen LogP contribution in [0.15, 0.2) is 24.3 Å². The van der Waals surface area contributed by atoms with Crippen molar-refractivity contribution in [2.75, 3.05) is 31.7 Å². The molecule has 0 spiro atoms. The van der Waals surface area contributed by atoms with Crippen molar-refractivity contribution in [3.8, 4) is 0 Å². The molecule has 0 bridgehead atoms. The molecule has 5 N–H and O–H groups in total. The molecule has 0 saturated heterocycles. The highest BCUT2D eigenvalue weighted by Gasteiger charge is 2.24. The summed E-state index contributed by atoms with van der Waals surface area (Å²) >= 11 is 0. The second-order valence-corrected chi connectivity index (χ2v) is 7.97. The zero-order valence-electron chi connectivity index (χ0n) is 15.6. The van der Waals surface area contributed by atoms with Crippen molar-refractivity contribution in [1.29, 1.82) is 0 Å². The Bertz CT molecular complexity index is 607. The maximum Gasteiger partial charge on any atom is 0.374 e. The molecule has 1 atom stereocenters. The van der Waals surface area contributed by atoms with Gasteiger partial charge in [-0.2, -0.15) is 0 Å². The fourth-order valence-electron chi connectivity index (χ4n) is 2.49. The number of hydrogen-bond donors (Lipinski definition) is 4. The van der Waals surface area contributed by atoms with Crippen LogP contribution >= 0.6 is 7.60 Å². The van der Waals surface area contributed by atoms with Crippen molar-refractivity contribution in [3.63, 3.8) is 0 Å². The summed E-state index contributed by atoms with van der Waals surface area (Å²) in [6, 6.07) is 6.74. The lowest BCUT2D eigenvalue weighted by Crippen LogP contribution is -2.38. The highest BCUT2D eigenvalue weighted by molar-refractivity contribution is 7.53. The van der Waals surface area contributed by atoms with Crippen LogP contribution in [-0.2, 0) is 18.4 Å². The van der Waals surface area contributed by atoms with Gasteiger partial charge in [-0.15, -0.1) is 0 Å². The molecule has 8 nitrogen and oxygen atoms in total. The molecule has 1 rings (SSSR count). The van der Waals surface area contributed by atoms with E-state index in [1.165, 1.54) is 0 Å². The maximum absolute atomic E-state index is 12.4. The first-order chi connectivity index (χ1) is 12.3. The monoisotopic (exact) mass is 385 g/mol. The van der Waals surface area contributed by atoms with Crippen LogP contribution in [0, 0.1) is 0 Å². The van der Waals surface area contributed by atoms with Crippen molar-refractivity contribution in [1.82, 2.24) is 10.5 Å². The van der Waals surface area contributed by atoms with E-state index in [-0.39, 0.29) is 38.2 Å². The summed E-state index contributed by atoms with van der Waals surface area (Å²) in [7, 11) is -3.97. The predicted octanol–water partition coefficient (Wildman–Crippen LogP) is 1.78. The third kappa shape index (κ3) is 8.34. The predicted molar refractivity (Wildman–Crippen MR) is 104 cm³/mol. The second kappa shape index (κ2) is 11.4. The Labute approximate surface area is 155 Å². The van der Waals surface area contributed by atoms with Crippen molar-refractivity contribution in [3.05, 3.63) is 29.8 Å². The molecule has 146 valence electrons. The van der Waals surface area contributed by atoms with E-state index in [1.807, 2.05) is 6.07 Å². The Morgan fingerprint density at radius 3 is 2.54 bits per heavy atom. The van der Waals surface area contributed by atoms with Crippen molar-refractivity contribution in [2.45, 2.75) is 33.1 Å². The number of nitrogens with one attached hydrogen (secondary N) is 2. The molecule has 0 aliphatic heterocycles. The average molecular weight is 385 g/mol. The lowest BCUT2D eigenvalue weighted by Gasteiger charge is -2.21. The summed E-state index contributed by atoms with van der Waals surface area (Å²) in [5.41, 5.74) is 7.17. The zero-order valence-corrected chi connectivity index (χ0v) is 16.5. The van der Waals surface area contributed by atoms with Gasteiger partial charge < -0.3 is 30.3 Å². The van der Waals surface area contributed by atoms with Gasteiger partial charge in [0.05, 0.1) is 19.4 Å². The lowest BCUT2D eigenvalue weighted by molar-refractivity contribution is -0.121. The van der Waals surface area contributed by atoms with Gasteiger partial charge in [0.2, 0.25) is 5.91 Å². The summed E-state index contributed by atoms with van der Waals surface area (Å²) < 4.78 is 22.7. The summed E-state index contributed by atoms with van der Waals surface area (Å²) in [4.78, 5) is 12.3. The molecule has 0 fully saturated rings. The summed E-state index contributed by atoms with van der Waals surface area (Å²) in [6.45, 7) is 5.79. The van der Waals surface area contributed by atoms with Crippen LogP contribution in [0.4, 0.5) is 5.69 Å². The number of carbonyl (C=O) groups excluding carboxylic acids is 1. The molecule has 0 radical (unpaired) electrons. The summed E-state index contributed by atoms with van der Waals surface area (Å²) in [5.74, 6) is -0.245. The van der Waals surface area contributed by atoms with Crippen LogP contribution in [0.2, 0.25) is 6.82 Å². The van der Waals surface area contributed by atoms with E-state index in [2.05, 4.69) is 10.5 Å². The van der Waals surface area contributed by atoms with Crippen LogP contribution in [0.5, 0.6) is 0 Å². The van der Waals surface area contributed by atoms with Crippen molar-refractivity contribution in [2.24, 2.45) is 0 Å². The van der Waals surface area contributed by atoms with Crippen LogP contribution in [0.1, 0.15) is 31.9 Å². The molecule has 10 heteroatoms. The van der Waals surface area contributed by atoms with Gasteiger partial charge in [0.25, 0.3) is 0 Å². The van der Waals surface area contributed by atoms with Crippen LogP contribution in [0.3, 0.4) is 0 Å². The van der Waals surface area contributed by atoms with Gasteiger partial charge in [0, 0.05) is 24.7 Å². The van der Waals surface area contributed by atoms with Crippen molar-refractivity contribution >= 4 is 26.2 Å². The lowest BCUT2D eigenvalue weighted by atomic mass is 9.85. The largest absolute Gasteiger partial charge is 0.437 e. The second-order valence-electron chi connectivity index (χ2n) is 5.79. The SMILES string of the molecule is CCOP(=O)(CCNC(=O)C[C@@H](NB(C)O)c1cccc(N)c1)OCC. The number of hydrogen-bond acceptors (Lipinski definition) is 7. The van der Waals surface area contributed by atoms with Gasteiger partial charge >= 0.3 is 14.6 Å². The minimum Gasteiger partial charge on any atom is -0.437 e. The number of amides is 1. The van der Waals surface area contributed by atoms with Gasteiger partial charge in [-0.25, -0.2) is 0 Å². The number of anilines is 1. The fraction of sp³-hybridized carbons (Fsp3) is 0.562. The molecule has 1 aromatic rings. The molecule has 1 aromatic carbocycles. The highest BCUT2D eigenvalue weighted by Crippen LogP contribution is 2.47. The van der Waals surface area contributed by atoms with E-state index in [0.717, 1.165) is 5.56 Å². The van der Waals surface area contributed by atoms with Gasteiger partial charge in [-0.05, 0) is 38.4 Å². The van der Waals surface area contributed by atoms with Crippen molar-refractivity contribution < 1.29 is 23.4 Å². The average Bonchev–Trinajstić information content (AvgIpc) is 2.54. The van der Waals surface area contributed by atoms with Gasteiger partial charge in [-0.3, -0.25) is 9.36 Å². The highest BCUT2D eigenvalue weighted by atomic mass is 31.2. The minimum absolute atomic E-state index is 0.0991. The van der Waals surface area contributed by atoms with Gasteiger partial charge in [-0.1, -0.05) is 12.1 Å². The summed E-state index contributed by atoms with van der Waals surface area (Å²) in [6.07, 6.45) is 0.203. The molecule has 0 aliphatic carbocycles. The zero-order chi connectivity index (χ0) is 19.6. The molecule has 0 saturated carbocycles. The molecule has 0 aliphatic rings. The Morgan fingerprint density at radius 2 is 2.00 bits per heavy atom. The molecular weight excluding hydrogens is 356 g/mol. The molecule has 0 heterocycles. The fourth-order valence-corrected chi connectivity index (χ4v) is 3.99. The van der Waals surface area contributed by atoms with Crippen LogP contribution in [-0.4, -0.2) is 43.9 Å². The van der Waals surface area contributed by atoms with E-state index in [9.17, 15) is 14.4 Å². The molecule has 1 amide bonds. The smallest absolute Gasteiger partial charge is 0.374 e. The number of nitrogens with two attached hydrogens (primary N) is 1. The standard InChI is InChI=1S/C16H29BN3O5P/c1-4-24-26(23,25-5-2)10-9-19-16(21)12-15(20-17(3)22)13-7-6-8-14(18)11-13/h6-8,11,15,20,22H,4-5,9-10,12,18H2,1-3H3,(H,19,21)/t15-/m1/s1. The maximum atomic E-state index is 12.4. The first kappa shape index (κ1) is 22.7. The Hall–Kier alpha value is -1.38. The van der Waals surface area contributed by atoms with E-state index in [0.29, 0.717) is 5.69 Å². The van der Waals surface area contributed by atoms with Crippen LogP contribution < -0.4 is 16.3 Å². The third-order valence-electron chi connectivity index (χ3n) is 3.50. The number of rotatable bonds is 12. The Kier molecular flexibility index (Phi) is 9.90. The number of nitrogen functional groups attached to an aromatic ring is 1. The van der Waals surface area contributed by atoms with E-state index < -0.39 is 20.7 Å². The molecule has 0 unspecified atom stereocenters. The van der Waals surface area contributed by atoms with E-state index >= 15 is 0 Å². The topological polar surface area (TPSA) is 123 Å². The minimum atomic E-state index is -3.18. The van der Waals surface area contributed by atoms with E-state index in [4.69, 9.17) is 14.8 Å². The molecular formula is C16H29BN3O5P. The van der Waals surface area contributed by atoms with Gasteiger partial charge in [0.15, 0.2) is 0 Å². The van der Waals surface area contributed by atoms with Gasteiger partial charge in [0.1, 0.15) is 0 Å².